The van der Waals surface area contributed by atoms with E-state index in [0.29, 0.717) is 22.8 Å². The number of thioether (sulfide) groups is 1. The molecule has 47 heavy (non-hydrogen) atoms. The van der Waals surface area contributed by atoms with Gasteiger partial charge < -0.3 is 20.1 Å². The number of hydrogen-bond donors (Lipinski definition) is 2. The van der Waals surface area contributed by atoms with Crippen molar-refractivity contribution in [3.63, 3.8) is 0 Å². The van der Waals surface area contributed by atoms with Gasteiger partial charge in [-0.3, -0.25) is 14.6 Å². The molecular formula is C37H37N7O2S. The van der Waals surface area contributed by atoms with E-state index < -0.39 is 6.04 Å². The van der Waals surface area contributed by atoms with Gasteiger partial charge in [0, 0.05) is 71.7 Å². The Labute approximate surface area is 278 Å². The van der Waals surface area contributed by atoms with Crippen molar-refractivity contribution in [3.05, 3.63) is 120 Å². The van der Waals surface area contributed by atoms with Crippen LogP contribution >= 0.6 is 11.8 Å². The molecule has 10 heteroatoms. The van der Waals surface area contributed by atoms with Gasteiger partial charge >= 0.3 is 0 Å². The summed E-state index contributed by atoms with van der Waals surface area (Å²) >= 11 is 1.27. The van der Waals surface area contributed by atoms with E-state index in [9.17, 15) is 9.59 Å². The first kappa shape index (κ1) is 31.7. The second-order valence-electron chi connectivity index (χ2n) is 11.7. The summed E-state index contributed by atoms with van der Waals surface area (Å²) in [6.45, 7) is 3.99. The maximum Gasteiger partial charge on any atom is 0.251 e. The molecule has 1 aliphatic rings. The maximum atomic E-state index is 14.4. The fourth-order valence-electron chi connectivity index (χ4n) is 5.68. The summed E-state index contributed by atoms with van der Waals surface area (Å²) in [5, 5.41) is 4.49. The fraction of sp³-hybridized carbons (Fsp3) is 0.216. The van der Waals surface area contributed by atoms with Crippen LogP contribution in [-0.4, -0.2) is 63.8 Å². The van der Waals surface area contributed by atoms with E-state index in [1.54, 1.807) is 4.90 Å². The lowest BCUT2D eigenvalue weighted by Gasteiger charge is -2.31. The maximum absolute atomic E-state index is 14.4. The lowest BCUT2D eigenvalue weighted by atomic mass is 10.0. The predicted molar refractivity (Wildman–Crippen MR) is 191 cm³/mol. The number of rotatable bonds is 11. The molecule has 3 heterocycles. The lowest BCUT2D eigenvalue weighted by Crippen LogP contribution is -2.44. The van der Waals surface area contributed by atoms with Gasteiger partial charge in [0.05, 0.1) is 18.0 Å². The van der Waals surface area contributed by atoms with E-state index in [-0.39, 0.29) is 24.1 Å². The van der Waals surface area contributed by atoms with Crippen LogP contribution in [0.15, 0.2) is 107 Å². The van der Waals surface area contributed by atoms with Gasteiger partial charge in [-0.1, -0.05) is 66.4 Å². The van der Waals surface area contributed by atoms with Crippen LogP contribution in [0.5, 0.6) is 0 Å². The average molecular weight is 644 g/mol. The molecular weight excluding hydrogens is 607 g/mol. The van der Waals surface area contributed by atoms with Gasteiger partial charge in [0.15, 0.2) is 5.16 Å². The molecule has 0 saturated heterocycles. The molecule has 1 atom stereocenters. The van der Waals surface area contributed by atoms with Crippen LogP contribution < -0.4 is 10.2 Å². The minimum Gasteiger partial charge on any atom is -0.378 e. The Kier molecular flexibility index (Phi) is 9.49. The van der Waals surface area contributed by atoms with E-state index >= 15 is 0 Å². The highest BCUT2D eigenvalue weighted by molar-refractivity contribution is 7.99. The SMILES string of the molecule is Cc1cc(C)nc(SCC(=O)N(CC2=NC(c3ccccc3)=CC2)C(C(=O)Nc2ccc(N(C)C)cc2)c2c[nH]c3ccccc23)n1. The van der Waals surface area contributed by atoms with Gasteiger partial charge in [0.25, 0.3) is 5.91 Å². The van der Waals surface area contributed by atoms with Crippen molar-refractivity contribution < 1.29 is 9.59 Å². The second kappa shape index (κ2) is 14.0. The number of fused-ring (bicyclic) bond motifs is 1. The van der Waals surface area contributed by atoms with Gasteiger partial charge in [-0.2, -0.15) is 0 Å². The topological polar surface area (TPSA) is 107 Å². The first-order valence-corrected chi connectivity index (χ1v) is 16.4. The second-order valence-corrected chi connectivity index (χ2v) is 12.6. The summed E-state index contributed by atoms with van der Waals surface area (Å²) in [5.41, 5.74) is 7.58. The van der Waals surface area contributed by atoms with Crippen LogP contribution in [0, 0.1) is 13.8 Å². The molecule has 6 rings (SSSR count). The molecule has 1 unspecified atom stereocenters. The minimum absolute atomic E-state index is 0.0544. The summed E-state index contributed by atoms with van der Waals surface area (Å²) < 4.78 is 0. The number of allylic oxidation sites excluding steroid dienone is 1. The number of carbonyl (C=O) groups is 2. The first-order valence-electron chi connectivity index (χ1n) is 15.5. The molecule has 0 bridgehead atoms. The van der Waals surface area contributed by atoms with Crippen LogP contribution in [0.1, 0.15) is 35.0 Å². The number of nitrogens with one attached hydrogen (secondary N) is 2. The number of carbonyl (C=O) groups excluding carboxylic acids is 2. The standard InChI is InChI=1S/C37H37N7O2S/c1-24-20-25(2)40-37(39-24)47-23-34(45)44(22-28-16-19-32(41-28)26-10-6-5-7-11-26)35(31-21-38-33-13-9-8-12-30(31)33)36(46)42-27-14-17-29(18-15-27)43(3)4/h5-15,17-21,35,38H,16,22-23H2,1-4H3,(H,42,46). The number of hydrogen-bond acceptors (Lipinski definition) is 7. The molecule has 9 nitrogen and oxygen atoms in total. The van der Waals surface area contributed by atoms with E-state index in [0.717, 1.165) is 45.0 Å². The summed E-state index contributed by atoms with van der Waals surface area (Å²) in [6, 6.07) is 26.4. The molecule has 0 aliphatic carbocycles. The number of benzene rings is 3. The smallest absolute Gasteiger partial charge is 0.251 e. The Morgan fingerprint density at radius 2 is 1.64 bits per heavy atom. The average Bonchev–Trinajstić information content (AvgIpc) is 3.71. The highest BCUT2D eigenvalue weighted by atomic mass is 32.2. The first-order chi connectivity index (χ1) is 22.7. The van der Waals surface area contributed by atoms with Crippen LogP contribution in [-0.2, 0) is 9.59 Å². The van der Waals surface area contributed by atoms with Crippen molar-refractivity contribution >= 4 is 57.3 Å². The van der Waals surface area contributed by atoms with Crippen molar-refractivity contribution in [2.75, 3.05) is 36.6 Å². The third kappa shape index (κ3) is 7.44. The van der Waals surface area contributed by atoms with Gasteiger partial charge in [-0.15, -0.1) is 0 Å². The van der Waals surface area contributed by atoms with Crippen molar-refractivity contribution in [3.8, 4) is 0 Å². The van der Waals surface area contributed by atoms with Crippen molar-refractivity contribution in [1.29, 1.82) is 0 Å². The number of para-hydroxylation sites is 1. The molecule has 1 aliphatic heterocycles. The largest absolute Gasteiger partial charge is 0.378 e. The number of aromatic amines is 1. The minimum atomic E-state index is -0.948. The molecule has 0 radical (unpaired) electrons. The van der Waals surface area contributed by atoms with E-state index in [1.165, 1.54) is 11.8 Å². The molecule has 3 aromatic carbocycles. The van der Waals surface area contributed by atoms with Crippen molar-refractivity contribution in [2.24, 2.45) is 4.99 Å². The van der Waals surface area contributed by atoms with Crippen molar-refractivity contribution in [2.45, 2.75) is 31.5 Å². The molecule has 5 aromatic rings. The number of aliphatic imine (C=N–C) groups is 1. The third-order valence-electron chi connectivity index (χ3n) is 7.97. The normalized spacial score (nSPS) is 13.2. The third-order valence-corrected chi connectivity index (χ3v) is 8.80. The Balaban J connectivity index is 1.37. The lowest BCUT2D eigenvalue weighted by molar-refractivity contribution is -0.135. The summed E-state index contributed by atoms with van der Waals surface area (Å²) in [6.07, 6.45) is 4.47. The molecule has 0 saturated carbocycles. The van der Waals surface area contributed by atoms with Gasteiger partial charge in [-0.05, 0) is 55.8 Å². The number of amides is 2. The molecule has 0 fully saturated rings. The Bertz CT molecular complexity index is 1950. The molecule has 238 valence electrons. The summed E-state index contributed by atoms with van der Waals surface area (Å²) in [4.78, 5) is 49.7. The number of aromatic nitrogens is 3. The number of nitrogens with zero attached hydrogens (tertiary/aromatic N) is 5. The zero-order chi connectivity index (χ0) is 32.9. The van der Waals surface area contributed by atoms with Gasteiger partial charge in [-0.25, -0.2) is 9.97 Å². The highest BCUT2D eigenvalue weighted by Gasteiger charge is 2.35. The van der Waals surface area contributed by atoms with Crippen molar-refractivity contribution in [1.82, 2.24) is 19.9 Å². The highest BCUT2D eigenvalue weighted by Crippen LogP contribution is 2.32. The Hall–Kier alpha value is -5.22. The summed E-state index contributed by atoms with van der Waals surface area (Å²) in [5.74, 6) is -0.482. The fourth-order valence-corrected chi connectivity index (χ4v) is 6.51. The van der Waals surface area contributed by atoms with E-state index in [2.05, 4.69) is 26.3 Å². The molecule has 2 N–H and O–H groups in total. The Morgan fingerprint density at radius 1 is 0.936 bits per heavy atom. The van der Waals surface area contributed by atoms with Crippen LogP contribution in [0.2, 0.25) is 0 Å². The summed E-state index contributed by atoms with van der Waals surface area (Å²) in [7, 11) is 3.93. The van der Waals surface area contributed by atoms with Gasteiger partial charge in [0.2, 0.25) is 5.91 Å². The zero-order valence-corrected chi connectivity index (χ0v) is 27.7. The molecule has 2 aromatic heterocycles. The molecule has 0 spiro atoms. The van der Waals surface area contributed by atoms with Crippen LogP contribution in [0.3, 0.4) is 0 Å². The van der Waals surface area contributed by atoms with E-state index in [4.69, 9.17) is 4.99 Å². The number of aryl methyl sites for hydroxylation is 2. The zero-order valence-electron chi connectivity index (χ0n) is 26.9. The number of anilines is 2. The number of H-pyrrole nitrogens is 1. The molecule has 2 amide bonds. The predicted octanol–water partition coefficient (Wildman–Crippen LogP) is 6.83. The monoisotopic (exact) mass is 643 g/mol. The van der Waals surface area contributed by atoms with Gasteiger partial charge in [0.1, 0.15) is 6.04 Å². The Morgan fingerprint density at radius 3 is 2.36 bits per heavy atom. The van der Waals surface area contributed by atoms with Crippen LogP contribution in [0.25, 0.3) is 16.6 Å². The van der Waals surface area contributed by atoms with E-state index in [1.807, 2.05) is 124 Å². The van der Waals surface area contributed by atoms with Crippen LogP contribution in [0.4, 0.5) is 11.4 Å². The quantitative estimate of drug-likeness (QED) is 0.121.